The minimum atomic E-state index is -4.54. The van der Waals surface area contributed by atoms with Crippen LogP contribution in [-0.4, -0.2) is 19.2 Å². The van der Waals surface area contributed by atoms with Crippen LogP contribution >= 0.6 is 0 Å². The summed E-state index contributed by atoms with van der Waals surface area (Å²) in [6.07, 6.45) is -0.186. The quantitative estimate of drug-likeness (QED) is 0.159. The van der Waals surface area contributed by atoms with E-state index in [1.54, 1.807) is 26.0 Å². The topological polar surface area (TPSA) is 61.5 Å². The van der Waals surface area contributed by atoms with Gasteiger partial charge in [-0.2, -0.15) is 13.2 Å². The molecular formula is C27H31F4NO3. The van der Waals surface area contributed by atoms with Crippen LogP contribution in [0.25, 0.3) is 11.1 Å². The number of hydrogen-bond acceptors (Lipinski definition) is 4. The molecule has 4 nitrogen and oxygen atoms in total. The van der Waals surface area contributed by atoms with Crippen LogP contribution < -0.4 is 10.5 Å². The second kappa shape index (κ2) is 11.2. The van der Waals surface area contributed by atoms with Crippen LogP contribution in [0.3, 0.4) is 0 Å². The highest BCUT2D eigenvalue weighted by Gasteiger charge is 2.34. The molecule has 3 rings (SSSR count). The maximum Gasteiger partial charge on any atom is 0.416 e. The molecule has 1 saturated carbocycles. The van der Waals surface area contributed by atoms with Crippen molar-refractivity contribution in [1.29, 1.82) is 0 Å². The average Bonchev–Trinajstić information content (AvgIpc) is 3.61. The summed E-state index contributed by atoms with van der Waals surface area (Å²) in [7, 11) is 0. The predicted molar refractivity (Wildman–Crippen MR) is 127 cm³/mol. The largest absolute Gasteiger partial charge is 0.493 e. The number of aryl methyl sites for hydroxylation is 1. The lowest BCUT2D eigenvalue weighted by Gasteiger charge is -2.21. The summed E-state index contributed by atoms with van der Waals surface area (Å²) in [5.41, 5.74) is 7.27. The van der Waals surface area contributed by atoms with Crippen molar-refractivity contribution in [3.8, 4) is 16.9 Å². The van der Waals surface area contributed by atoms with Crippen molar-refractivity contribution in [2.24, 2.45) is 5.73 Å². The van der Waals surface area contributed by atoms with Gasteiger partial charge < -0.3 is 15.2 Å². The molecule has 190 valence electrons. The van der Waals surface area contributed by atoms with Gasteiger partial charge in [0.25, 0.3) is 0 Å². The zero-order valence-electron chi connectivity index (χ0n) is 20.0. The summed E-state index contributed by atoms with van der Waals surface area (Å²) in [4.78, 5) is 12.0. The van der Waals surface area contributed by atoms with Crippen LogP contribution in [0.15, 0.2) is 36.9 Å². The lowest BCUT2D eigenvalue weighted by atomic mass is 9.90. The summed E-state index contributed by atoms with van der Waals surface area (Å²) in [6, 6.07) is 4.26. The fourth-order valence-electron chi connectivity index (χ4n) is 4.10. The van der Waals surface area contributed by atoms with E-state index in [1.807, 2.05) is 0 Å². The number of halogens is 4. The molecule has 0 aliphatic heterocycles. The van der Waals surface area contributed by atoms with E-state index in [2.05, 4.69) is 6.58 Å². The Kier molecular flexibility index (Phi) is 8.59. The van der Waals surface area contributed by atoms with Crippen LogP contribution in [0.5, 0.6) is 5.75 Å². The normalized spacial score (nSPS) is 14.5. The van der Waals surface area contributed by atoms with E-state index in [9.17, 15) is 18.0 Å². The number of unbranched alkanes of at least 4 members (excludes halogenated alkanes) is 1. The van der Waals surface area contributed by atoms with Gasteiger partial charge in [0.2, 0.25) is 0 Å². The number of carbonyl (C=O) groups excluding carboxylic acids is 1. The van der Waals surface area contributed by atoms with Gasteiger partial charge in [0.05, 0.1) is 25.2 Å². The van der Waals surface area contributed by atoms with Gasteiger partial charge in [-0.05, 0) is 86.4 Å². The molecule has 0 amide bonds. The Labute approximate surface area is 203 Å². The lowest BCUT2D eigenvalue weighted by Crippen LogP contribution is -2.19. The molecule has 0 spiro atoms. The van der Waals surface area contributed by atoms with Crippen LogP contribution in [0, 0.1) is 12.7 Å². The fraction of sp³-hybridized carbons (Fsp3) is 0.444. The molecule has 2 aromatic carbocycles. The van der Waals surface area contributed by atoms with Crippen molar-refractivity contribution in [1.82, 2.24) is 0 Å². The van der Waals surface area contributed by atoms with Gasteiger partial charge in [0.1, 0.15) is 11.6 Å². The van der Waals surface area contributed by atoms with E-state index < -0.39 is 29.6 Å². The number of carbonyl (C=O) groups is 1. The smallest absolute Gasteiger partial charge is 0.416 e. The molecule has 0 unspecified atom stereocenters. The van der Waals surface area contributed by atoms with E-state index >= 15 is 4.39 Å². The third-order valence-electron chi connectivity index (χ3n) is 5.96. The molecule has 0 bridgehead atoms. The molecule has 0 heterocycles. The number of esters is 1. The third-order valence-corrected chi connectivity index (χ3v) is 5.96. The highest BCUT2D eigenvalue weighted by molar-refractivity contribution is 5.77. The molecule has 2 aromatic rings. The molecule has 8 heteroatoms. The minimum Gasteiger partial charge on any atom is -0.493 e. The standard InChI is InChI=1S/C27H31F4NO3/c1-4-6-7-10-35-23-14-19(27(29,30)31)11-16(3)25(23)18-12-20(17-8-9-17)26(28)21(13-18)22(32)15-24(33)34-5-2/h4,11-14,17,22H,1,5-10,15,32H2,2-3H3/t22-/m0/s1. The number of benzene rings is 2. The average molecular weight is 494 g/mol. The van der Waals surface area contributed by atoms with E-state index in [0.29, 0.717) is 35.1 Å². The molecule has 35 heavy (non-hydrogen) atoms. The maximum atomic E-state index is 15.4. The maximum absolute atomic E-state index is 15.4. The number of nitrogens with two attached hydrogens (primary N) is 1. The van der Waals surface area contributed by atoms with E-state index in [1.165, 1.54) is 6.07 Å². The Morgan fingerprint density at radius 3 is 2.57 bits per heavy atom. The Bertz CT molecular complexity index is 1080. The van der Waals surface area contributed by atoms with Crippen molar-refractivity contribution in [2.75, 3.05) is 13.2 Å². The molecule has 1 aliphatic carbocycles. The Hall–Kier alpha value is -2.87. The second-order valence-electron chi connectivity index (χ2n) is 8.80. The highest BCUT2D eigenvalue weighted by Crippen LogP contribution is 2.46. The predicted octanol–water partition coefficient (Wildman–Crippen LogP) is 7.00. The van der Waals surface area contributed by atoms with Gasteiger partial charge in [0.15, 0.2) is 0 Å². The molecule has 1 fully saturated rings. The van der Waals surface area contributed by atoms with Gasteiger partial charge in [-0.25, -0.2) is 4.39 Å². The van der Waals surface area contributed by atoms with Gasteiger partial charge >= 0.3 is 12.1 Å². The van der Waals surface area contributed by atoms with E-state index in [4.69, 9.17) is 15.2 Å². The zero-order chi connectivity index (χ0) is 25.8. The SMILES string of the molecule is C=CCCCOc1cc(C(F)(F)F)cc(C)c1-c1cc(C2CC2)c(F)c([C@@H](N)CC(=O)OCC)c1. The number of allylic oxidation sites excluding steroid dienone is 1. The first-order chi connectivity index (χ1) is 16.6. The van der Waals surface area contributed by atoms with Crippen LogP contribution in [-0.2, 0) is 15.7 Å². The van der Waals surface area contributed by atoms with Gasteiger partial charge in [-0.3, -0.25) is 4.79 Å². The molecule has 0 aromatic heterocycles. The molecule has 1 atom stereocenters. The second-order valence-corrected chi connectivity index (χ2v) is 8.80. The molecule has 0 radical (unpaired) electrons. The molecular weight excluding hydrogens is 462 g/mol. The van der Waals surface area contributed by atoms with Gasteiger partial charge in [-0.15, -0.1) is 6.58 Å². The first kappa shape index (κ1) is 26.7. The molecule has 0 saturated heterocycles. The van der Waals surface area contributed by atoms with Crippen molar-refractivity contribution < 1.29 is 31.8 Å². The first-order valence-corrected chi connectivity index (χ1v) is 11.8. The van der Waals surface area contributed by atoms with Crippen molar-refractivity contribution >= 4 is 5.97 Å². The number of alkyl halides is 3. The monoisotopic (exact) mass is 493 g/mol. The lowest BCUT2D eigenvalue weighted by molar-refractivity contribution is -0.143. The Morgan fingerprint density at radius 1 is 1.26 bits per heavy atom. The van der Waals surface area contributed by atoms with Crippen molar-refractivity contribution in [3.05, 3.63) is 65.0 Å². The van der Waals surface area contributed by atoms with E-state index in [0.717, 1.165) is 25.0 Å². The Morgan fingerprint density at radius 2 is 1.97 bits per heavy atom. The van der Waals surface area contributed by atoms with E-state index in [-0.39, 0.29) is 36.9 Å². The summed E-state index contributed by atoms with van der Waals surface area (Å²) in [5.74, 6) is -0.948. The van der Waals surface area contributed by atoms with Gasteiger partial charge in [0, 0.05) is 17.2 Å². The third kappa shape index (κ3) is 6.63. The number of rotatable bonds is 11. The van der Waals surface area contributed by atoms with Crippen LogP contribution in [0.1, 0.15) is 73.2 Å². The fourth-order valence-corrected chi connectivity index (χ4v) is 4.10. The Balaban J connectivity index is 2.12. The summed E-state index contributed by atoms with van der Waals surface area (Å²) in [6.45, 7) is 7.26. The first-order valence-electron chi connectivity index (χ1n) is 11.8. The zero-order valence-corrected chi connectivity index (χ0v) is 20.0. The molecule has 1 aliphatic rings. The van der Waals surface area contributed by atoms with Crippen molar-refractivity contribution in [3.63, 3.8) is 0 Å². The minimum absolute atomic E-state index is 0.00945. The van der Waals surface area contributed by atoms with Gasteiger partial charge in [-0.1, -0.05) is 6.08 Å². The summed E-state index contributed by atoms with van der Waals surface area (Å²) in [5, 5.41) is 0. The van der Waals surface area contributed by atoms with Crippen LogP contribution in [0.4, 0.5) is 17.6 Å². The number of hydrogen-bond donors (Lipinski definition) is 1. The molecule has 2 N–H and O–H groups in total. The highest BCUT2D eigenvalue weighted by atomic mass is 19.4. The van der Waals surface area contributed by atoms with Crippen LogP contribution in [0.2, 0.25) is 0 Å². The number of ether oxygens (including phenoxy) is 2. The van der Waals surface area contributed by atoms with Crippen molar-refractivity contribution in [2.45, 2.75) is 64.1 Å². The summed E-state index contributed by atoms with van der Waals surface area (Å²) < 4.78 is 66.8. The summed E-state index contributed by atoms with van der Waals surface area (Å²) >= 11 is 0.